The van der Waals surface area contributed by atoms with E-state index in [1.54, 1.807) is 11.3 Å². The Bertz CT molecular complexity index is 624. The maximum atomic E-state index is 12.2. The number of tetrazole rings is 1. The summed E-state index contributed by atoms with van der Waals surface area (Å²) in [5.74, 6) is 1.70. The molecular formula is C15H21N5OS. The Balaban J connectivity index is 1.58. The summed E-state index contributed by atoms with van der Waals surface area (Å²) in [6.07, 6.45) is 3.49. The van der Waals surface area contributed by atoms with Crippen LogP contribution in [0, 0.1) is 11.8 Å². The molecule has 0 bridgehead atoms. The molecule has 1 N–H and O–H groups in total. The number of amides is 1. The monoisotopic (exact) mass is 319 g/mol. The molecular weight excluding hydrogens is 298 g/mol. The number of aromatic nitrogens is 4. The molecule has 2 aromatic heterocycles. The minimum Gasteiger partial charge on any atom is -0.351 e. The Morgan fingerprint density at radius 2 is 2.32 bits per heavy atom. The Kier molecular flexibility index (Phi) is 4.52. The van der Waals surface area contributed by atoms with Crippen LogP contribution in [-0.4, -0.2) is 32.2 Å². The van der Waals surface area contributed by atoms with Gasteiger partial charge in [0.15, 0.2) is 0 Å². The molecule has 2 heterocycles. The molecule has 0 radical (unpaired) electrons. The van der Waals surface area contributed by atoms with Crippen LogP contribution in [0.4, 0.5) is 0 Å². The van der Waals surface area contributed by atoms with Crippen LogP contribution < -0.4 is 5.32 Å². The van der Waals surface area contributed by atoms with Gasteiger partial charge < -0.3 is 5.32 Å². The second kappa shape index (κ2) is 6.56. The second-order valence-electron chi connectivity index (χ2n) is 6.10. The molecule has 3 atom stereocenters. The number of rotatable bonds is 4. The van der Waals surface area contributed by atoms with Crippen molar-refractivity contribution in [1.82, 2.24) is 25.5 Å². The average Bonchev–Trinajstić information content (AvgIpc) is 3.14. The third kappa shape index (κ3) is 3.35. The van der Waals surface area contributed by atoms with E-state index in [9.17, 15) is 4.79 Å². The first-order valence-electron chi connectivity index (χ1n) is 7.73. The lowest BCUT2D eigenvalue weighted by molar-refractivity contribution is -0.123. The van der Waals surface area contributed by atoms with Crippen molar-refractivity contribution in [1.29, 1.82) is 0 Å². The summed E-state index contributed by atoms with van der Waals surface area (Å²) in [5.41, 5.74) is 0.936. The first-order valence-corrected chi connectivity index (χ1v) is 8.67. The van der Waals surface area contributed by atoms with E-state index in [-0.39, 0.29) is 18.5 Å². The Hall–Kier alpha value is -1.76. The van der Waals surface area contributed by atoms with Gasteiger partial charge in [-0.05, 0) is 34.9 Å². The number of nitrogens with zero attached hydrogens (tertiary/aromatic N) is 4. The van der Waals surface area contributed by atoms with E-state index in [2.05, 4.69) is 34.6 Å². The molecule has 1 fully saturated rings. The van der Waals surface area contributed by atoms with Gasteiger partial charge in [-0.1, -0.05) is 26.7 Å². The summed E-state index contributed by atoms with van der Waals surface area (Å²) in [6, 6.07) is 2.20. The highest BCUT2D eigenvalue weighted by Crippen LogP contribution is 2.29. The number of thiophene rings is 1. The van der Waals surface area contributed by atoms with E-state index in [1.807, 2.05) is 16.8 Å². The van der Waals surface area contributed by atoms with Gasteiger partial charge in [0.1, 0.15) is 6.54 Å². The molecule has 0 unspecified atom stereocenters. The van der Waals surface area contributed by atoms with Gasteiger partial charge in [-0.3, -0.25) is 4.79 Å². The van der Waals surface area contributed by atoms with Crippen molar-refractivity contribution in [3.8, 4) is 11.4 Å². The first-order chi connectivity index (χ1) is 10.6. The summed E-state index contributed by atoms with van der Waals surface area (Å²) in [4.78, 5) is 13.6. The van der Waals surface area contributed by atoms with Gasteiger partial charge in [0.25, 0.3) is 0 Å². The predicted octanol–water partition coefficient (Wildman–Crippen LogP) is 2.34. The van der Waals surface area contributed by atoms with Gasteiger partial charge >= 0.3 is 0 Å². The molecule has 3 rings (SSSR count). The Morgan fingerprint density at radius 3 is 3.09 bits per heavy atom. The predicted molar refractivity (Wildman–Crippen MR) is 85.2 cm³/mol. The Labute approximate surface area is 133 Å². The zero-order chi connectivity index (χ0) is 15.5. The average molecular weight is 319 g/mol. The summed E-state index contributed by atoms with van der Waals surface area (Å²) in [5, 5.41) is 19.3. The maximum Gasteiger partial charge on any atom is 0.243 e. The van der Waals surface area contributed by atoms with E-state index < -0.39 is 0 Å². The third-order valence-electron chi connectivity index (χ3n) is 4.57. The van der Waals surface area contributed by atoms with Gasteiger partial charge in [-0.2, -0.15) is 16.1 Å². The van der Waals surface area contributed by atoms with Crippen molar-refractivity contribution in [3.05, 3.63) is 16.8 Å². The normalized spacial score (nSPS) is 25.1. The van der Waals surface area contributed by atoms with Crippen molar-refractivity contribution < 1.29 is 4.79 Å². The molecule has 6 nitrogen and oxygen atoms in total. The number of hydrogen-bond acceptors (Lipinski definition) is 5. The fourth-order valence-corrected chi connectivity index (χ4v) is 3.62. The topological polar surface area (TPSA) is 72.7 Å². The van der Waals surface area contributed by atoms with Crippen LogP contribution in [0.2, 0.25) is 0 Å². The highest BCUT2D eigenvalue weighted by molar-refractivity contribution is 7.08. The van der Waals surface area contributed by atoms with Crippen LogP contribution in [0.3, 0.4) is 0 Å². The second-order valence-corrected chi connectivity index (χ2v) is 6.88. The van der Waals surface area contributed by atoms with Crippen LogP contribution in [0.5, 0.6) is 0 Å². The largest absolute Gasteiger partial charge is 0.351 e. The number of nitrogens with one attached hydrogen (secondary N) is 1. The highest BCUT2D eigenvalue weighted by atomic mass is 32.1. The lowest BCUT2D eigenvalue weighted by Gasteiger charge is -2.34. The highest BCUT2D eigenvalue weighted by Gasteiger charge is 2.28. The van der Waals surface area contributed by atoms with Crippen LogP contribution in [0.15, 0.2) is 16.8 Å². The minimum absolute atomic E-state index is 0.0415. The van der Waals surface area contributed by atoms with Crippen molar-refractivity contribution in [2.45, 2.75) is 45.7 Å². The first kappa shape index (κ1) is 15.1. The lowest BCUT2D eigenvalue weighted by atomic mass is 9.78. The van der Waals surface area contributed by atoms with Crippen molar-refractivity contribution in [2.24, 2.45) is 11.8 Å². The van der Waals surface area contributed by atoms with Gasteiger partial charge in [0.05, 0.1) is 0 Å². The summed E-state index contributed by atoms with van der Waals surface area (Å²) >= 11 is 1.58. The molecule has 22 heavy (non-hydrogen) atoms. The standard InChI is InChI=1S/C15H21N5OS/c1-10-4-3-5-13(11(10)2)16-14(21)8-20-18-15(17-19-20)12-6-7-22-9-12/h6-7,9-11,13H,3-5,8H2,1-2H3,(H,16,21)/t10-,11+,13+/m0/s1. The lowest BCUT2D eigenvalue weighted by Crippen LogP contribution is -2.45. The van der Waals surface area contributed by atoms with Gasteiger partial charge in [-0.25, -0.2) is 0 Å². The molecule has 2 aromatic rings. The van der Waals surface area contributed by atoms with Crippen LogP contribution in [0.25, 0.3) is 11.4 Å². The van der Waals surface area contributed by atoms with Crippen molar-refractivity contribution in [2.75, 3.05) is 0 Å². The van der Waals surface area contributed by atoms with Crippen LogP contribution >= 0.6 is 11.3 Å². The van der Waals surface area contributed by atoms with Gasteiger partial charge in [0.2, 0.25) is 11.7 Å². The maximum absolute atomic E-state index is 12.2. The summed E-state index contributed by atoms with van der Waals surface area (Å²) in [7, 11) is 0. The SMILES string of the molecule is C[C@@H]1[C@@H](C)CCC[C@H]1NC(=O)Cn1nnc(-c2ccsc2)n1. The molecule has 0 aliphatic heterocycles. The molecule has 0 spiro atoms. The fourth-order valence-electron chi connectivity index (χ4n) is 2.98. The molecule has 0 aromatic carbocycles. The molecule has 118 valence electrons. The van der Waals surface area contributed by atoms with Gasteiger partial charge in [-0.15, -0.1) is 10.2 Å². The smallest absolute Gasteiger partial charge is 0.243 e. The molecule has 1 aliphatic carbocycles. The minimum atomic E-state index is -0.0415. The van der Waals surface area contributed by atoms with E-state index in [0.29, 0.717) is 17.7 Å². The zero-order valence-electron chi connectivity index (χ0n) is 12.9. The Morgan fingerprint density at radius 1 is 1.45 bits per heavy atom. The van der Waals surface area contributed by atoms with Gasteiger partial charge in [0, 0.05) is 17.0 Å². The summed E-state index contributed by atoms with van der Waals surface area (Å²) < 4.78 is 0. The van der Waals surface area contributed by atoms with E-state index in [0.717, 1.165) is 12.0 Å². The summed E-state index contributed by atoms with van der Waals surface area (Å²) in [6.45, 7) is 4.60. The van der Waals surface area contributed by atoms with E-state index in [1.165, 1.54) is 17.6 Å². The fraction of sp³-hybridized carbons (Fsp3) is 0.600. The van der Waals surface area contributed by atoms with Crippen LogP contribution in [0.1, 0.15) is 33.1 Å². The number of carbonyl (C=O) groups excluding carboxylic acids is 1. The van der Waals surface area contributed by atoms with Crippen LogP contribution in [-0.2, 0) is 11.3 Å². The molecule has 1 amide bonds. The van der Waals surface area contributed by atoms with Crippen molar-refractivity contribution >= 4 is 17.2 Å². The zero-order valence-corrected chi connectivity index (χ0v) is 13.7. The molecule has 0 saturated heterocycles. The number of carbonyl (C=O) groups is 1. The quantitative estimate of drug-likeness (QED) is 0.939. The number of hydrogen-bond donors (Lipinski definition) is 1. The molecule has 7 heteroatoms. The van der Waals surface area contributed by atoms with Crippen molar-refractivity contribution in [3.63, 3.8) is 0 Å². The molecule has 1 saturated carbocycles. The third-order valence-corrected chi connectivity index (χ3v) is 5.25. The van der Waals surface area contributed by atoms with E-state index in [4.69, 9.17) is 0 Å². The molecule has 1 aliphatic rings. The van der Waals surface area contributed by atoms with E-state index >= 15 is 0 Å².